The highest BCUT2D eigenvalue weighted by Gasteiger charge is 2.21. The molecule has 98 valence electrons. The van der Waals surface area contributed by atoms with E-state index in [1.165, 1.54) is 4.90 Å². The Bertz CT molecular complexity index is 405. The van der Waals surface area contributed by atoms with E-state index in [0.717, 1.165) is 25.3 Å². The molecule has 0 bridgehead atoms. The lowest BCUT2D eigenvalue weighted by Crippen LogP contribution is -2.45. The van der Waals surface area contributed by atoms with Crippen LogP contribution >= 0.6 is 11.8 Å². The molecule has 1 heterocycles. The predicted molar refractivity (Wildman–Crippen MR) is 74.4 cm³/mol. The largest absolute Gasteiger partial charge is 0.379 e. The van der Waals surface area contributed by atoms with Crippen LogP contribution in [-0.2, 0) is 4.74 Å². The molecule has 18 heavy (non-hydrogen) atoms. The lowest BCUT2D eigenvalue weighted by molar-refractivity contribution is 0.00201. The number of carbonyl (C=O) groups is 1. The zero-order valence-corrected chi connectivity index (χ0v) is 11.7. The molecule has 1 aromatic rings. The van der Waals surface area contributed by atoms with E-state index < -0.39 is 0 Å². The highest BCUT2D eigenvalue weighted by Crippen LogP contribution is 2.16. The number of nitrogens with zero attached hydrogens (tertiary/aromatic N) is 1. The number of rotatable bonds is 4. The molecule has 0 amide bonds. The number of Topliss-reactive ketones (excluding diaryl/α,β-unsaturated/α-hetero) is 1. The number of morpholine rings is 1. The molecule has 0 aromatic heterocycles. The second kappa shape index (κ2) is 6.36. The molecule has 1 unspecified atom stereocenters. The van der Waals surface area contributed by atoms with Gasteiger partial charge >= 0.3 is 0 Å². The number of ketones is 1. The maximum absolute atomic E-state index is 12.2. The molecule has 3 nitrogen and oxygen atoms in total. The lowest BCUT2D eigenvalue weighted by atomic mass is 10.1. The van der Waals surface area contributed by atoms with E-state index in [4.69, 9.17) is 4.74 Å². The molecule has 1 saturated heterocycles. The van der Waals surface area contributed by atoms with E-state index in [1.807, 2.05) is 30.5 Å². The van der Waals surface area contributed by atoms with Crippen molar-refractivity contribution in [2.75, 3.05) is 32.6 Å². The zero-order chi connectivity index (χ0) is 13.0. The van der Waals surface area contributed by atoms with Gasteiger partial charge in [0.1, 0.15) is 0 Å². The van der Waals surface area contributed by atoms with Crippen LogP contribution in [0.1, 0.15) is 17.3 Å². The summed E-state index contributed by atoms with van der Waals surface area (Å²) in [6, 6.07) is 8.16. The maximum Gasteiger partial charge on any atom is 0.176 e. The fourth-order valence-corrected chi connectivity index (χ4v) is 2.46. The van der Waals surface area contributed by atoms with Gasteiger partial charge in [-0.1, -0.05) is 12.1 Å². The number of thioether (sulfide) groups is 1. The van der Waals surface area contributed by atoms with Crippen LogP contribution in [0, 0.1) is 0 Å². The van der Waals surface area contributed by atoms with Crippen molar-refractivity contribution in [3.63, 3.8) is 0 Å². The van der Waals surface area contributed by atoms with Gasteiger partial charge in [-0.05, 0) is 25.3 Å². The third kappa shape index (κ3) is 3.34. The average molecular weight is 265 g/mol. The van der Waals surface area contributed by atoms with E-state index >= 15 is 0 Å². The molecule has 1 aliphatic heterocycles. The van der Waals surface area contributed by atoms with Crippen molar-refractivity contribution < 1.29 is 9.53 Å². The third-order valence-electron chi connectivity index (χ3n) is 3.26. The number of carbonyl (C=O) groups excluding carboxylic acids is 1. The van der Waals surface area contributed by atoms with Gasteiger partial charge in [-0.3, -0.25) is 9.69 Å². The van der Waals surface area contributed by atoms with Crippen LogP contribution in [-0.4, -0.2) is 49.3 Å². The molecule has 1 aliphatic rings. The van der Waals surface area contributed by atoms with Gasteiger partial charge in [0, 0.05) is 23.0 Å². The van der Waals surface area contributed by atoms with Crippen LogP contribution in [0.4, 0.5) is 0 Å². The van der Waals surface area contributed by atoms with Gasteiger partial charge in [0.25, 0.3) is 0 Å². The van der Waals surface area contributed by atoms with Crippen LogP contribution < -0.4 is 0 Å². The van der Waals surface area contributed by atoms with Gasteiger partial charge in [0.2, 0.25) is 0 Å². The fourth-order valence-electron chi connectivity index (χ4n) is 2.05. The Morgan fingerprint density at radius 1 is 1.44 bits per heavy atom. The Labute approximate surface area is 113 Å². The molecule has 0 N–H and O–H groups in total. The first-order valence-corrected chi connectivity index (χ1v) is 7.42. The van der Waals surface area contributed by atoms with Crippen molar-refractivity contribution in [1.82, 2.24) is 4.90 Å². The standard InChI is InChI=1S/C14H19NO2S/c1-11-10-17-8-7-15(11)9-14(16)12-3-5-13(18-2)6-4-12/h3-6,11H,7-10H2,1-2H3. The first-order chi connectivity index (χ1) is 8.70. The summed E-state index contributed by atoms with van der Waals surface area (Å²) in [6.45, 7) is 4.88. The summed E-state index contributed by atoms with van der Waals surface area (Å²) < 4.78 is 5.37. The minimum Gasteiger partial charge on any atom is -0.379 e. The first kappa shape index (κ1) is 13.6. The highest BCUT2D eigenvalue weighted by molar-refractivity contribution is 7.98. The van der Waals surface area contributed by atoms with Gasteiger partial charge in [-0.25, -0.2) is 0 Å². The van der Waals surface area contributed by atoms with Gasteiger partial charge in [-0.15, -0.1) is 11.8 Å². The quantitative estimate of drug-likeness (QED) is 0.617. The summed E-state index contributed by atoms with van der Waals surface area (Å²) in [7, 11) is 0. The van der Waals surface area contributed by atoms with Gasteiger partial charge < -0.3 is 4.74 Å². The summed E-state index contributed by atoms with van der Waals surface area (Å²) in [5, 5.41) is 0. The summed E-state index contributed by atoms with van der Waals surface area (Å²) in [5.74, 6) is 0.191. The first-order valence-electron chi connectivity index (χ1n) is 6.20. The monoisotopic (exact) mass is 265 g/mol. The van der Waals surface area contributed by atoms with E-state index in [0.29, 0.717) is 12.6 Å². The van der Waals surface area contributed by atoms with Crippen molar-refractivity contribution >= 4 is 17.5 Å². The van der Waals surface area contributed by atoms with Crippen LogP contribution in [0.15, 0.2) is 29.2 Å². The maximum atomic E-state index is 12.2. The van der Waals surface area contributed by atoms with Crippen LogP contribution in [0.2, 0.25) is 0 Å². The van der Waals surface area contributed by atoms with Crippen molar-refractivity contribution in [3.05, 3.63) is 29.8 Å². The van der Waals surface area contributed by atoms with Crippen LogP contribution in [0.5, 0.6) is 0 Å². The molecule has 2 rings (SSSR count). The molecule has 1 aromatic carbocycles. The fraction of sp³-hybridized carbons (Fsp3) is 0.500. The normalized spacial score (nSPS) is 20.9. The van der Waals surface area contributed by atoms with E-state index in [9.17, 15) is 4.79 Å². The van der Waals surface area contributed by atoms with E-state index in [-0.39, 0.29) is 5.78 Å². The number of benzene rings is 1. The molecule has 1 atom stereocenters. The highest BCUT2D eigenvalue weighted by atomic mass is 32.2. The van der Waals surface area contributed by atoms with E-state index in [1.54, 1.807) is 11.8 Å². The van der Waals surface area contributed by atoms with Crippen LogP contribution in [0.3, 0.4) is 0 Å². The Morgan fingerprint density at radius 3 is 2.78 bits per heavy atom. The lowest BCUT2D eigenvalue weighted by Gasteiger charge is -2.32. The molecule has 1 fully saturated rings. The molecule has 0 aliphatic carbocycles. The molecular weight excluding hydrogens is 246 g/mol. The SMILES string of the molecule is CSc1ccc(C(=O)CN2CCOCC2C)cc1. The Hall–Kier alpha value is -0.840. The Kier molecular flexibility index (Phi) is 4.80. The van der Waals surface area contributed by atoms with Crippen molar-refractivity contribution in [2.24, 2.45) is 0 Å². The molecule has 0 spiro atoms. The average Bonchev–Trinajstić information content (AvgIpc) is 2.41. The smallest absolute Gasteiger partial charge is 0.176 e. The van der Waals surface area contributed by atoms with Crippen molar-refractivity contribution in [3.8, 4) is 0 Å². The molecule has 4 heteroatoms. The number of hydrogen-bond acceptors (Lipinski definition) is 4. The summed E-state index contributed by atoms with van der Waals surface area (Å²) >= 11 is 1.69. The summed E-state index contributed by atoms with van der Waals surface area (Å²) in [6.07, 6.45) is 2.03. The summed E-state index contributed by atoms with van der Waals surface area (Å²) in [5.41, 5.74) is 0.798. The zero-order valence-electron chi connectivity index (χ0n) is 10.9. The second-order valence-corrected chi connectivity index (χ2v) is 5.43. The predicted octanol–water partition coefficient (Wildman–Crippen LogP) is 2.31. The number of ether oxygens (including phenoxy) is 1. The van der Waals surface area contributed by atoms with E-state index in [2.05, 4.69) is 11.8 Å². The van der Waals surface area contributed by atoms with Gasteiger partial charge in [-0.2, -0.15) is 0 Å². The Morgan fingerprint density at radius 2 is 2.17 bits per heavy atom. The van der Waals surface area contributed by atoms with Gasteiger partial charge in [0.15, 0.2) is 5.78 Å². The Balaban J connectivity index is 1.97. The minimum atomic E-state index is 0.191. The third-order valence-corrected chi connectivity index (χ3v) is 4.01. The second-order valence-electron chi connectivity index (χ2n) is 4.55. The molecule has 0 radical (unpaired) electrons. The van der Waals surface area contributed by atoms with Crippen molar-refractivity contribution in [1.29, 1.82) is 0 Å². The van der Waals surface area contributed by atoms with Crippen LogP contribution in [0.25, 0.3) is 0 Å². The number of hydrogen-bond donors (Lipinski definition) is 0. The minimum absolute atomic E-state index is 0.191. The molecular formula is C14H19NO2S. The summed E-state index contributed by atoms with van der Waals surface area (Å²) in [4.78, 5) is 15.5. The van der Waals surface area contributed by atoms with Gasteiger partial charge in [0.05, 0.1) is 19.8 Å². The molecule has 0 saturated carbocycles. The van der Waals surface area contributed by atoms with Crippen molar-refractivity contribution in [2.45, 2.75) is 17.9 Å². The topological polar surface area (TPSA) is 29.5 Å².